The molecule has 1 fully saturated rings. The number of hydrogen-bond donors (Lipinski definition) is 1. The molecule has 0 radical (unpaired) electrons. The van der Waals surface area contributed by atoms with Crippen LogP contribution in [0.2, 0.25) is 0 Å². The van der Waals surface area contributed by atoms with Crippen molar-refractivity contribution >= 4 is 0 Å². The molecule has 1 saturated carbocycles. The number of rotatable bonds is 6. The normalized spacial score (nSPS) is 25.3. The van der Waals surface area contributed by atoms with Crippen molar-refractivity contribution in [3.05, 3.63) is 23.8 Å². The van der Waals surface area contributed by atoms with Crippen LogP contribution in [-0.4, -0.2) is 19.3 Å². The standard InChI is InChI=1S/C18H29NO2/c1-12(2)21-17-9-7-15(10-18(17)20-5)11-19-16-8-6-13(3)14(16)4/h7,9-10,12-14,16,19H,6,8,11H2,1-5H3. The van der Waals surface area contributed by atoms with Crippen LogP contribution in [0, 0.1) is 11.8 Å². The van der Waals surface area contributed by atoms with Crippen molar-refractivity contribution in [2.24, 2.45) is 11.8 Å². The number of benzene rings is 1. The molecule has 0 bridgehead atoms. The lowest BCUT2D eigenvalue weighted by Crippen LogP contribution is -2.31. The Bertz CT molecular complexity index is 459. The van der Waals surface area contributed by atoms with Gasteiger partial charge in [0.1, 0.15) is 0 Å². The van der Waals surface area contributed by atoms with Crippen molar-refractivity contribution in [1.82, 2.24) is 5.32 Å². The number of methoxy groups -OCH3 is 1. The quantitative estimate of drug-likeness (QED) is 0.859. The molecule has 118 valence electrons. The number of hydrogen-bond acceptors (Lipinski definition) is 3. The highest BCUT2D eigenvalue weighted by atomic mass is 16.5. The molecule has 0 aromatic heterocycles. The molecule has 1 aromatic rings. The average Bonchev–Trinajstić information content (AvgIpc) is 2.77. The van der Waals surface area contributed by atoms with Crippen molar-refractivity contribution in [1.29, 1.82) is 0 Å². The Morgan fingerprint density at radius 2 is 1.95 bits per heavy atom. The number of ether oxygens (including phenoxy) is 2. The van der Waals surface area contributed by atoms with E-state index in [1.807, 2.05) is 19.9 Å². The van der Waals surface area contributed by atoms with Crippen molar-refractivity contribution in [3.63, 3.8) is 0 Å². The third-order valence-electron chi connectivity index (χ3n) is 4.62. The van der Waals surface area contributed by atoms with Gasteiger partial charge in [0.05, 0.1) is 13.2 Å². The Hall–Kier alpha value is -1.22. The molecular weight excluding hydrogens is 262 g/mol. The Morgan fingerprint density at radius 1 is 1.19 bits per heavy atom. The maximum absolute atomic E-state index is 5.75. The second kappa shape index (κ2) is 7.17. The van der Waals surface area contributed by atoms with Crippen molar-refractivity contribution in [2.45, 2.75) is 59.2 Å². The van der Waals surface area contributed by atoms with Crippen molar-refractivity contribution in [3.8, 4) is 11.5 Å². The van der Waals surface area contributed by atoms with Crippen LogP contribution in [0.25, 0.3) is 0 Å². The Balaban J connectivity index is 1.97. The molecule has 2 rings (SSSR count). The monoisotopic (exact) mass is 291 g/mol. The SMILES string of the molecule is COc1cc(CNC2CCC(C)C2C)ccc1OC(C)C. The van der Waals surface area contributed by atoms with Gasteiger partial charge in [-0.2, -0.15) is 0 Å². The molecule has 3 unspecified atom stereocenters. The summed E-state index contributed by atoms with van der Waals surface area (Å²) in [6.45, 7) is 9.65. The van der Waals surface area contributed by atoms with E-state index >= 15 is 0 Å². The van der Waals surface area contributed by atoms with Crippen molar-refractivity contribution in [2.75, 3.05) is 7.11 Å². The fourth-order valence-electron chi connectivity index (χ4n) is 3.07. The fourth-order valence-corrected chi connectivity index (χ4v) is 3.07. The van der Waals surface area contributed by atoms with E-state index in [0.717, 1.165) is 29.9 Å². The first-order valence-corrected chi connectivity index (χ1v) is 8.08. The molecule has 1 aromatic carbocycles. The summed E-state index contributed by atoms with van der Waals surface area (Å²) in [6.07, 6.45) is 2.78. The first kappa shape index (κ1) is 16.2. The lowest BCUT2D eigenvalue weighted by atomic mass is 9.97. The molecule has 0 amide bonds. The maximum atomic E-state index is 5.75. The van der Waals surface area contributed by atoms with Crippen LogP contribution in [0.15, 0.2) is 18.2 Å². The van der Waals surface area contributed by atoms with Gasteiger partial charge in [0, 0.05) is 12.6 Å². The zero-order chi connectivity index (χ0) is 15.4. The predicted molar refractivity (Wildman–Crippen MR) is 86.9 cm³/mol. The van der Waals surface area contributed by atoms with Crippen molar-refractivity contribution < 1.29 is 9.47 Å². The summed E-state index contributed by atoms with van der Waals surface area (Å²) >= 11 is 0. The minimum atomic E-state index is 0.156. The van der Waals surface area contributed by atoms with E-state index in [0.29, 0.717) is 6.04 Å². The maximum Gasteiger partial charge on any atom is 0.161 e. The second-order valence-corrected chi connectivity index (χ2v) is 6.55. The topological polar surface area (TPSA) is 30.5 Å². The minimum Gasteiger partial charge on any atom is -0.493 e. The fraction of sp³-hybridized carbons (Fsp3) is 0.667. The van der Waals surface area contributed by atoms with Gasteiger partial charge in [-0.3, -0.25) is 0 Å². The van der Waals surface area contributed by atoms with Crippen LogP contribution in [0.1, 0.15) is 46.1 Å². The van der Waals surface area contributed by atoms with Gasteiger partial charge >= 0.3 is 0 Å². The summed E-state index contributed by atoms with van der Waals surface area (Å²) in [5.41, 5.74) is 1.25. The Morgan fingerprint density at radius 3 is 2.52 bits per heavy atom. The van der Waals surface area contributed by atoms with Gasteiger partial charge in [0.2, 0.25) is 0 Å². The molecule has 0 spiro atoms. The molecule has 0 saturated heterocycles. The zero-order valence-electron chi connectivity index (χ0n) is 14.0. The molecule has 21 heavy (non-hydrogen) atoms. The highest BCUT2D eigenvalue weighted by Crippen LogP contribution is 2.32. The summed E-state index contributed by atoms with van der Waals surface area (Å²) in [4.78, 5) is 0. The van der Waals surface area contributed by atoms with E-state index in [9.17, 15) is 0 Å². The Kier molecular flexibility index (Phi) is 5.51. The van der Waals surface area contributed by atoms with Crippen LogP contribution in [0.5, 0.6) is 11.5 Å². The van der Waals surface area contributed by atoms with E-state index in [-0.39, 0.29) is 6.10 Å². The second-order valence-electron chi connectivity index (χ2n) is 6.55. The molecule has 3 heteroatoms. The van der Waals surface area contributed by atoms with Gasteiger partial charge in [-0.05, 0) is 56.2 Å². The average molecular weight is 291 g/mol. The number of nitrogens with one attached hydrogen (secondary N) is 1. The third-order valence-corrected chi connectivity index (χ3v) is 4.62. The molecule has 0 heterocycles. The van der Waals surface area contributed by atoms with Crippen LogP contribution >= 0.6 is 0 Å². The highest BCUT2D eigenvalue weighted by Gasteiger charge is 2.29. The third kappa shape index (κ3) is 4.13. The van der Waals surface area contributed by atoms with Gasteiger partial charge in [-0.1, -0.05) is 19.9 Å². The summed E-state index contributed by atoms with van der Waals surface area (Å²) in [7, 11) is 1.69. The Labute approximate surface area is 129 Å². The minimum absolute atomic E-state index is 0.156. The lowest BCUT2D eigenvalue weighted by Gasteiger charge is -2.20. The summed E-state index contributed by atoms with van der Waals surface area (Å²) < 4.78 is 11.2. The van der Waals surface area contributed by atoms with Crippen LogP contribution in [-0.2, 0) is 6.54 Å². The first-order valence-electron chi connectivity index (χ1n) is 8.08. The van der Waals surface area contributed by atoms with Gasteiger partial charge in [-0.15, -0.1) is 0 Å². The van der Waals surface area contributed by atoms with Crippen LogP contribution < -0.4 is 14.8 Å². The van der Waals surface area contributed by atoms with Crippen LogP contribution in [0.4, 0.5) is 0 Å². The smallest absolute Gasteiger partial charge is 0.161 e. The van der Waals surface area contributed by atoms with E-state index in [4.69, 9.17) is 9.47 Å². The molecular formula is C18H29NO2. The molecule has 3 nitrogen and oxygen atoms in total. The summed E-state index contributed by atoms with van der Waals surface area (Å²) in [5, 5.41) is 3.69. The summed E-state index contributed by atoms with van der Waals surface area (Å²) in [6, 6.07) is 6.85. The lowest BCUT2D eigenvalue weighted by molar-refractivity contribution is 0.230. The molecule has 3 atom stereocenters. The largest absolute Gasteiger partial charge is 0.493 e. The van der Waals surface area contributed by atoms with Gasteiger partial charge < -0.3 is 14.8 Å². The van der Waals surface area contributed by atoms with Crippen LogP contribution in [0.3, 0.4) is 0 Å². The predicted octanol–water partition coefficient (Wildman–Crippen LogP) is 4.01. The molecule has 1 N–H and O–H groups in total. The van der Waals surface area contributed by atoms with E-state index in [1.165, 1.54) is 18.4 Å². The van der Waals surface area contributed by atoms with Gasteiger partial charge in [-0.25, -0.2) is 0 Å². The summed E-state index contributed by atoms with van der Waals surface area (Å²) in [5.74, 6) is 3.23. The van der Waals surface area contributed by atoms with E-state index in [2.05, 4.69) is 31.3 Å². The zero-order valence-corrected chi connectivity index (χ0v) is 14.0. The van der Waals surface area contributed by atoms with Gasteiger partial charge in [0.25, 0.3) is 0 Å². The molecule has 1 aliphatic rings. The van der Waals surface area contributed by atoms with Gasteiger partial charge in [0.15, 0.2) is 11.5 Å². The first-order chi connectivity index (χ1) is 10.0. The highest BCUT2D eigenvalue weighted by molar-refractivity contribution is 5.43. The molecule has 1 aliphatic carbocycles. The van der Waals surface area contributed by atoms with E-state index < -0.39 is 0 Å². The van der Waals surface area contributed by atoms with E-state index in [1.54, 1.807) is 7.11 Å². The molecule has 0 aliphatic heterocycles.